The molecule has 0 aromatic heterocycles. The Labute approximate surface area is 213 Å². The van der Waals surface area contributed by atoms with Gasteiger partial charge in [-0.2, -0.15) is 0 Å². The molecule has 3 fully saturated rings. The van der Waals surface area contributed by atoms with E-state index in [2.05, 4.69) is 21.2 Å². The quantitative estimate of drug-likeness (QED) is 0.246. The van der Waals surface area contributed by atoms with E-state index >= 15 is 0 Å². The summed E-state index contributed by atoms with van der Waals surface area (Å²) in [6.45, 7) is 2.44. The van der Waals surface area contributed by atoms with Crippen molar-refractivity contribution < 1.29 is 33.7 Å². The van der Waals surface area contributed by atoms with Gasteiger partial charge in [-0.1, -0.05) is 28.8 Å². The number of unbranched alkanes of at least 4 members (excludes halogenated alkanes) is 3. The van der Waals surface area contributed by atoms with Crippen LogP contribution in [0.15, 0.2) is 24.3 Å². The topological polar surface area (TPSA) is 114 Å². The number of hydrogen-bond acceptors (Lipinski definition) is 7. The Bertz CT molecular complexity index is 942. The van der Waals surface area contributed by atoms with Crippen LogP contribution in [0.25, 0.3) is 0 Å². The lowest BCUT2D eigenvalue weighted by Gasteiger charge is -2.34. The molecule has 192 valence electrons. The van der Waals surface area contributed by atoms with Crippen LogP contribution >= 0.6 is 15.9 Å². The van der Waals surface area contributed by atoms with E-state index in [-0.39, 0.29) is 29.9 Å². The third-order valence-corrected chi connectivity index (χ3v) is 8.11. The zero-order valence-electron chi connectivity index (χ0n) is 20.1. The van der Waals surface area contributed by atoms with Crippen molar-refractivity contribution in [1.29, 1.82) is 0 Å². The number of esters is 1. The van der Waals surface area contributed by atoms with Gasteiger partial charge in [-0.05, 0) is 50.5 Å². The number of benzene rings is 1. The number of hydrogen-bond donors (Lipinski definition) is 2. The van der Waals surface area contributed by atoms with E-state index in [0.29, 0.717) is 37.2 Å². The van der Waals surface area contributed by atoms with Gasteiger partial charge in [0.25, 0.3) is 0 Å². The largest absolute Gasteiger partial charge is 0.497 e. The number of ether oxygens (including phenoxy) is 3. The molecule has 2 N–H and O–H groups in total. The molecular weight excluding hydrogens is 520 g/mol. The third-order valence-electron chi connectivity index (χ3n) is 7.26. The van der Waals surface area contributed by atoms with Crippen LogP contribution in [0.2, 0.25) is 0 Å². The van der Waals surface area contributed by atoms with Crippen LogP contribution in [0.3, 0.4) is 0 Å². The van der Waals surface area contributed by atoms with Gasteiger partial charge >= 0.3 is 5.97 Å². The van der Waals surface area contributed by atoms with E-state index in [0.717, 1.165) is 12.8 Å². The Morgan fingerprint density at radius 2 is 1.94 bits per heavy atom. The molecule has 1 aromatic carbocycles. The van der Waals surface area contributed by atoms with Gasteiger partial charge in [0.1, 0.15) is 17.4 Å². The Morgan fingerprint density at radius 3 is 2.60 bits per heavy atom. The first-order valence-corrected chi connectivity index (χ1v) is 13.1. The summed E-state index contributed by atoms with van der Waals surface area (Å²) >= 11 is 3.63. The first kappa shape index (κ1) is 25.9. The highest BCUT2D eigenvalue weighted by Gasteiger charge is 2.76. The van der Waals surface area contributed by atoms with E-state index < -0.39 is 35.6 Å². The fraction of sp³-hybridized carbons (Fsp3) is 0.640. The molecule has 4 rings (SSSR count). The molecule has 2 amide bonds. The number of halogens is 1. The summed E-state index contributed by atoms with van der Waals surface area (Å²) in [5.41, 5.74) is -0.523. The van der Waals surface area contributed by atoms with Crippen LogP contribution < -0.4 is 10.1 Å². The lowest BCUT2D eigenvalue weighted by Crippen LogP contribution is -2.54. The minimum absolute atomic E-state index is 0.129. The Kier molecular flexibility index (Phi) is 8.02. The molecule has 6 atom stereocenters. The number of fused-ring (bicyclic) bond motifs is 1. The molecule has 3 heterocycles. The van der Waals surface area contributed by atoms with Crippen molar-refractivity contribution in [3.63, 3.8) is 0 Å². The lowest BCUT2D eigenvalue weighted by molar-refractivity contribution is -0.154. The van der Waals surface area contributed by atoms with Crippen molar-refractivity contribution in [2.24, 2.45) is 11.8 Å². The van der Waals surface area contributed by atoms with Gasteiger partial charge in [0, 0.05) is 23.7 Å². The molecular formula is C25H33BrN2O7. The highest BCUT2D eigenvalue weighted by Crippen LogP contribution is 2.60. The maximum absolute atomic E-state index is 13.8. The highest BCUT2D eigenvalue weighted by molar-refractivity contribution is 9.09. The monoisotopic (exact) mass is 552 g/mol. The van der Waals surface area contributed by atoms with Crippen LogP contribution in [-0.2, 0) is 23.9 Å². The first-order valence-electron chi connectivity index (χ1n) is 12.2. The van der Waals surface area contributed by atoms with E-state index in [4.69, 9.17) is 19.3 Å². The number of alkyl halides is 1. The summed E-state index contributed by atoms with van der Waals surface area (Å²) < 4.78 is 16.9. The van der Waals surface area contributed by atoms with Crippen molar-refractivity contribution in [2.45, 2.75) is 61.6 Å². The molecule has 0 radical (unpaired) electrons. The molecule has 1 spiro atoms. The van der Waals surface area contributed by atoms with Crippen molar-refractivity contribution >= 4 is 39.4 Å². The number of carbonyl (C=O) groups excluding carboxylic acids is 3. The molecule has 1 aromatic rings. The van der Waals surface area contributed by atoms with Crippen LogP contribution in [0.4, 0.5) is 5.69 Å². The predicted octanol–water partition coefficient (Wildman–Crippen LogP) is 2.50. The number of anilines is 1. The normalized spacial score (nSPS) is 30.9. The van der Waals surface area contributed by atoms with Crippen molar-refractivity contribution in [1.82, 2.24) is 4.90 Å². The number of amides is 2. The number of rotatable bonds is 11. The predicted molar refractivity (Wildman–Crippen MR) is 131 cm³/mol. The summed E-state index contributed by atoms with van der Waals surface area (Å²) in [4.78, 5) is 41.8. The van der Waals surface area contributed by atoms with Gasteiger partial charge < -0.3 is 29.5 Å². The average molecular weight is 553 g/mol. The molecule has 2 bridgehead atoms. The minimum Gasteiger partial charge on any atom is -0.497 e. The fourth-order valence-corrected chi connectivity index (χ4v) is 6.75. The lowest BCUT2D eigenvalue weighted by atomic mass is 9.70. The maximum Gasteiger partial charge on any atom is 0.312 e. The van der Waals surface area contributed by atoms with E-state index in [1.54, 1.807) is 43.2 Å². The summed E-state index contributed by atoms with van der Waals surface area (Å²) in [7, 11) is 1.57. The smallest absolute Gasteiger partial charge is 0.312 e. The molecule has 0 aliphatic carbocycles. The number of carbonyl (C=O) groups is 3. The van der Waals surface area contributed by atoms with E-state index in [1.165, 1.54) is 0 Å². The molecule has 1 unspecified atom stereocenters. The minimum atomic E-state index is -1.10. The maximum atomic E-state index is 13.8. The number of methoxy groups -OCH3 is 1. The van der Waals surface area contributed by atoms with Crippen molar-refractivity contribution in [3.8, 4) is 5.75 Å². The number of likely N-dealkylation sites (tertiary alicyclic amines) is 1. The van der Waals surface area contributed by atoms with Crippen molar-refractivity contribution in [3.05, 3.63) is 24.3 Å². The molecule has 9 nitrogen and oxygen atoms in total. The second-order valence-corrected chi connectivity index (χ2v) is 10.5. The van der Waals surface area contributed by atoms with Gasteiger partial charge in [0.05, 0.1) is 31.7 Å². The Morgan fingerprint density at radius 1 is 1.23 bits per heavy atom. The van der Waals surface area contributed by atoms with Crippen LogP contribution in [0.5, 0.6) is 5.75 Å². The number of aliphatic hydroxyl groups excluding tert-OH is 1. The average Bonchev–Trinajstić information content (AvgIpc) is 3.43. The summed E-state index contributed by atoms with van der Waals surface area (Å²) in [5.74, 6) is -1.88. The number of nitrogens with zero attached hydrogens (tertiary/aromatic N) is 1. The second kappa shape index (κ2) is 10.8. The van der Waals surface area contributed by atoms with Crippen molar-refractivity contribution in [2.75, 3.05) is 32.2 Å². The molecule has 3 saturated heterocycles. The standard InChI is InChI=1S/C25H33BrN2O7/c1-3-34-24(32)18-19-23(31)28(12-6-4-5-7-13-29)21(25(19)14-17(26)20(18)35-25)22(30)27-15-8-10-16(33-2)11-9-15/h8-11,17-21,29H,3-7,12-14H2,1-2H3,(H,27,30)/t17?,18-,19+,20-,21-,25+/m1/s1. The molecule has 35 heavy (non-hydrogen) atoms. The fourth-order valence-electron chi connectivity index (χ4n) is 5.81. The molecule has 0 saturated carbocycles. The van der Waals surface area contributed by atoms with Gasteiger partial charge in [0.15, 0.2) is 0 Å². The first-order chi connectivity index (χ1) is 16.9. The third kappa shape index (κ3) is 4.68. The van der Waals surface area contributed by atoms with E-state index in [1.807, 2.05) is 0 Å². The van der Waals surface area contributed by atoms with Gasteiger partial charge in [-0.15, -0.1) is 0 Å². The zero-order chi connectivity index (χ0) is 25.2. The Balaban J connectivity index is 1.62. The summed E-state index contributed by atoms with van der Waals surface area (Å²) in [6, 6.07) is 6.11. The van der Waals surface area contributed by atoms with Crippen LogP contribution in [0, 0.1) is 11.8 Å². The van der Waals surface area contributed by atoms with Gasteiger partial charge in [-0.3, -0.25) is 14.4 Å². The van der Waals surface area contributed by atoms with E-state index in [9.17, 15) is 14.4 Å². The van der Waals surface area contributed by atoms with Gasteiger partial charge in [0.2, 0.25) is 11.8 Å². The molecule has 3 aliphatic heterocycles. The zero-order valence-corrected chi connectivity index (χ0v) is 21.7. The van der Waals surface area contributed by atoms with Gasteiger partial charge in [-0.25, -0.2) is 0 Å². The number of nitrogens with one attached hydrogen (secondary N) is 1. The van der Waals surface area contributed by atoms with Crippen LogP contribution in [0.1, 0.15) is 39.0 Å². The SMILES string of the molecule is CCOC(=O)[C@H]1[C@@H]2O[C@@]3(CC2Br)[C@@H]1C(=O)N(CCCCCCO)[C@@H]3C(=O)Nc1ccc(OC)cc1. The Hall–Kier alpha value is -2.17. The highest BCUT2D eigenvalue weighted by atomic mass is 79.9. The second-order valence-electron chi connectivity index (χ2n) is 9.30. The summed E-state index contributed by atoms with van der Waals surface area (Å²) in [5, 5.41) is 12.0. The molecule has 10 heteroatoms. The summed E-state index contributed by atoms with van der Waals surface area (Å²) in [6.07, 6.45) is 2.97. The van der Waals surface area contributed by atoms with Crippen LogP contribution in [-0.4, -0.2) is 77.2 Å². The number of aliphatic hydroxyl groups is 1. The molecule has 3 aliphatic rings.